The Labute approximate surface area is 702 Å². The van der Waals surface area contributed by atoms with Gasteiger partial charge >= 0.3 is 0 Å². The highest BCUT2D eigenvalue weighted by atomic mass is 32.2. The molecule has 0 saturated carbocycles. The van der Waals surface area contributed by atoms with E-state index < -0.39 is 0 Å². The van der Waals surface area contributed by atoms with Crippen LogP contribution in [-0.4, -0.2) is 25.1 Å². The number of rotatable bonds is 13. The molecule has 1 N–H and O–H groups in total. The Bertz CT molecular complexity index is 7010. The molecule has 0 bridgehead atoms. The Morgan fingerprint density at radius 2 is 0.521 bits per heavy atom. The van der Waals surface area contributed by atoms with Crippen LogP contribution in [0.2, 0.25) is 0 Å². The summed E-state index contributed by atoms with van der Waals surface area (Å²) in [7, 11) is 0. The molecule has 0 radical (unpaired) electrons. The van der Waals surface area contributed by atoms with Gasteiger partial charge < -0.3 is 28.4 Å². The molecule has 1 aliphatic carbocycles. The Morgan fingerprint density at radius 1 is 0.252 bits per heavy atom. The van der Waals surface area contributed by atoms with Gasteiger partial charge in [-0.2, -0.15) is 0 Å². The summed E-state index contributed by atoms with van der Waals surface area (Å²) < 4.78 is 11.8. The summed E-state index contributed by atoms with van der Waals surface area (Å²) in [5.41, 5.74) is 30.9. The van der Waals surface area contributed by atoms with Crippen LogP contribution in [0.1, 0.15) is 5.56 Å². The van der Waals surface area contributed by atoms with Crippen molar-refractivity contribution in [2.45, 2.75) is 19.6 Å². The minimum Gasteiger partial charge on any atom is -0.309 e. The lowest BCUT2D eigenvalue weighted by Crippen LogP contribution is -2.30. The highest BCUT2D eigenvalue weighted by Crippen LogP contribution is 2.54. The van der Waals surface area contributed by atoms with E-state index in [1.165, 1.54) is 63.2 Å². The number of allylic oxidation sites excluding steroid dienone is 4. The Kier molecular flexibility index (Phi) is 16.8. The van der Waals surface area contributed by atoms with Crippen LogP contribution in [0.4, 0.5) is 45.5 Å². The van der Waals surface area contributed by atoms with Gasteiger partial charge in [0.25, 0.3) is 0 Å². The Hall–Kier alpha value is -14.6. The number of nitrogens with zero attached hydrogens (tertiary/aromatic N) is 7. The average molecular weight is 1580 g/mol. The molecule has 0 unspecified atom stereocenters. The van der Waals surface area contributed by atoms with Crippen LogP contribution in [0, 0.1) is 5.41 Å². The average Bonchev–Trinajstić information content (AvgIpc) is 1.75. The first kappa shape index (κ1) is 69.9. The van der Waals surface area contributed by atoms with Gasteiger partial charge in [-0.25, -0.2) is 4.40 Å². The van der Waals surface area contributed by atoms with Gasteiger partial charge in [-0.15, -0.1) is 0 Å². The molecular weight excluding hydrogens is 1510 g/mol. The first-order valence-corrected chi connectivity index (χ1v) is 42.1. The Balaban J connectivity index is 0.593. The quantitative estimate of drug-likeness (QED) is 0.0890. The lowest BCUT2D eigenvalue weighted by atomic mass is 9.91. The van der Waals surface area contributed by atoms with Gasteiger partial charge in [0.2, 0.25) is 0 Å². The van der Waals surface area contributed by atoms with Gasteiger partial charge in [-0.1, -0.05) is 242 Å². The van der Waals surface area contributed by atoms with Crippen LogP contribution in [0.15, 0.2) is 442 Å². The lowest BCUT2D eigenvalue weighted by Gasteiger charge is -2.34. The molecule has 2 aliphatic heterocycles. The van der Waals surface area contributed by atoms with Crippen LogP contribution in [0.3, 0.4) is 0 Å². The molecule has 3 aromatic heterocycles. The number of para-hydroxylation sites is 8. The SMILES string of the molecule is N=C1C(c2ccc(-n3c4ccc(-c5ccc(-c6ccc(-n7c8ccccc8c8ccccc87)cc6)cc5)cc4c4cc(-c5ccc(-c6ccc(-n7c8ccccc8c8ccccc87)cc6)cc5)ccc43)cc2)=CC=C(N(c2ccc(N3c4ccccc4Sc4ccccc43)cc2)c2ccc(N3c4ccccc4Sc4ccccc43)cc2)/C1=N/S. The van der Waals surface area contributed by atoms with Crippen molar-refractivity contribution >= 4 is 164 Å². The minimum atomic E-state index is 0.265. The highest BCUT2D eigenvalue weighted by Gasteiger charge is 2.32. The first-order chi connectivity index (χ1) is 58.9. The van der Waals surface area contributed by atoms with Crippen molar-refractivity contribution in [2.24, 2.45) is 4.40 Å². The van der Waals surface area contributed by atoms with Crippen molar-refractivity contribution < 1.29 is 0 Å². The number of fused-ring (bicyclic) bond motifs is 13. The minimum absolute atomic E-state index is 0.265. The number of hydrogen-bond donors (Lipinski definition) is 2. The third kappa shape index (κ3) is 11.8. The largest absolute Gasteiger partial charge is 0.309 e. The highest BCUT2D eigenvalue weighted by molar-refractivity contribution is 8.00. The van der Waals surface area contributed by atoms with Crippen molar-refractivity contribution in [3.8, 4) is 61.6 Å². The molecule has 0 amide bonds. The lowest BCUT2D eigenvalue weighted by molar-refractivity contribution is 1.16. The zero-order valence-electron chi connectivity index (χ0n) is 64.2. The second-order valence-electron chi connectivity index (χ2n) is 30.4. The van der Waals surface area contributed by atoms with E-state index in [0.29, 0.717) is 5.71 Å². The maximum absolute atomic E-state index is 10.2. The zero-order chi connectivity index (χ0) is 78.8. The fourth-order valence-corrected chi connectivity index (χ4v) is 20.5. The van der Waals surface area contributed by atoms with Crippen LogP contribution in [-0.2, 0) is 0 Å². The van der Waals surface area contributed by atoms with Crippen LogP contribution < -0.4 is 14.7 Å². The second-order valence-corrected chi connectivity index (χ2v) is 32.8. The monoisotopic (exact) mass is 1570 g/mol. The van der Waals surface area contributed by atoms with Gasteiger partial charge in [0.05, 0.1) is 67.3 Å². The third-order valence-electron chi connectivity index (χ3n) is 23.8. The van der Waals surface area contributed by atoms with E-state index in [1.54, 1.807) is 23.5 Å². The summed E-state index contributed by atoms with van der Waals surface area (Å²) in [5.74, 6) is 0. The second kappa shape index (κ2) is 28.7. The molecular formula is C108H70N8S3. The molecule has 560 valence electrons. The number of thiol groups is 1. The molecule has 17 aromatic carbocycles. The maximum atomic E-state index is 10.2. The van der Waals surface area contributed by atoms with Gasteiger partial charge in [-0.3, -0.25) is 5.41 Å². The normalized spacial score (nSPS) is 13.5. The van der Waals surface area contributed by atoms with Crippen LogP contribution in [0.25, 0.3) is 133 Å². The van der Waals surface area contributed by atoms with E-state index in [1.807, 2.05) is 0 Å². The van der Waals surface area contributed by atoms with Crippen molar-refractivity contribution in [3.05, 3.63) is 424 Å². The summed E-state index contributed by atoms with van der Waals surface area (Å²) in [4.78, 5) is 11.7. The van der Waals surface area contributed by atoms with E-state index in [9.17, 15) is 5.41 Å². The van der Waals surface area contributed by atoms with Crippen LogP contribution >= 0.6 is 36.3 Å². The molecule has 0 spiro atoms. The van der Waals surface area contributed by atoms with E-state index >= 15 is 0 Å². The van der Waals surface area contributed by atoms with Gasteiger partial charge in [0.1, 0.15) is 5.71 Å². The summed E-state index contributed by atoms with van der Waals surface area (Å²) in [6.07, 6.45) is 4.17. The zero-order valence-corrected chi connectivity index (χ0v) is 66.7. The predicted molar refractivity (Wildman–Crippen MR) is 504 cm³/mol. The van der Waals surface area contributed by atoms with Crippen LogP contribution in [0.5, 0.6) is 0 Å². The van der Waals surface area contributed by atoms with E-state index in [4.69, 9.17) is 17.2 Å². The molecule has 0 atom stereocenters. The fourth-order valence-electron chi connectivity index (χ4n) is 18.2. The molecule has 0 saturated heterocycles. The number of anilines is 8. The van der Waals surface area contributed by atoms with E-state index in [-0.39, 0.29) is 5.71 Å². The number of hydrogen-bond acceptors (Lipinski definition) is 8. The standard InChI is InChI=1S/C108H70N8S3/c109-107-85(63-66-102(108(107)110-117)111(78-55-59-83(60-56-78)115-98-25-9-13-29-103(98)118-104-30-14-10-26-99(104)115)79-57-61-84(62-58-79)116-100-27-11-15-31-105(100)119-106-32-16-12-28-101(106)116)75-45-53-82(54-46-75)114-96-64-47-76(73-37-33-69(34-38-73)71-41-49-80(50-42-71)112-92-21-5-1-17-86(92)87-18-2-6-22-93(87)112)67-90(96)91-68-77(48-65-97(91)114)74-39-35-70(36-40-74)72-43-51-81(52-44-72)113-94-23-7-3-19-88(94)89-20-4-8-24-95(89)113/h1-68,109,117H/b109-107?,110-108-. The van der Waals surface area contributed by atoms with E-state index in [2.05, 4.69) is 441 Å². The van der Waals surface area contributed by atoms with Crippen molar-refractivity contribution in [1.82, 2.24) is 13.7 Å². The van der Waals surface area contributed by atoms with Gasteiger partial charge in [0, 0.05) is 97.3 Å². The van der Waals surface area contributed by atoms with Gasteiger partial charge in [0.15, 0.2) is 0 Å². The van der Waals surface area contributed by atoms with Gasteiger partial charge in [-0.05, 0) is 257 Å². The maximum Gasteiger partial charge on any atom is 0.121 e. The number of aromatic nitrogens is 3. The molecule has 3 aliphatic rings. The molecule has 20 aromatic rings. The topological polar surface area (TPSA) is 60.7 Å². The molecule has 119 heavy (non-hydrogen) atoms. The first-order valence-electron chi connectivity index (χ1n) is 40.0. The summed E-state index contributed by atoms with van der Waals surface area (Å²) in [6, 6.07) is 145. The van der Waals surface area contributed by atoms with Crippen molar-refractivity contribution in [1.29, 1.82) is 5.41 Å². The van der Waals surface area contributed by atoms with Crippen molar-refractivity contribution in [3.63, 3.8) is 0 Å². The fraction of sp³-hybridized carbons (Fsp3) is 0. The van der Waals surface area contributed by atoms with E-state index in [0.717, 1.165) is 146 Å². The number of nitrogens with one attached hydrogen (secondary N) is 1. The number of benzene rings is 17. The molecule has 0 fully saturated rings. The molecule has 5 heterocycles. The summed E-state index contributed by atoms with van der Waals surface area (Å²) in [5, 5.41) is 17.5. The third-order valence-corrected chi connectivity index (χ3v) is 26.3. The Morgan fingerprint density at radius 3 is 0.857 bits per heavy atom. The molecule has 23 rings (SSSR count). The predicted octanol–water partition coefficient (Wildman–Crippen LogP) is 29.9. The summed E-state index contributed by atoms with van der Waals surface area (Å²) in [6.45, 7) is 0. The smallest absolute Gasteiger partial charge is 0.121 e. The van der Waals surface area contributed by atoms with Crippen molar-refractivity contribution in [2.75, 3.05) is 14.7 Å². The summed E-state index contributed by atoms with van der Waals surface area (Å²) >= 11 is 8.34. The molecule has 11 heteroatoms. The molecule has 8 nitrogen and oxygen atoms in total.